The van der Waals surface area contributed by atoms with Crippen LogP contribution in [0.2, 0.25) is 10.0 Å². The molecule has 2 saturated carbocycles. The van der Waals surface area contributed by atoms with Gasteiger partial charge in [0.25, 0.3) is 0 Å². The van der Waals surface area contributed by atoms with E-state index in [9.17, 15) is 14.3 Å². The molecule has 12 heteroatoms. The van der Waals surface area contributed by atoms with Gasteiger partial charge in [0.2, 0.25) is 17.8 Å². The fourth-order valence-corrected chi connectivity index (χ4v) is 6.09. The van der Waals surface area contributed by atoms with Crippen molar-refractivity contribution in [1.29, 1.82) is 0 Å². The number of nitrogens with two attached hydrogens (primary N) is 1. The number of rotatable bonds is 6. The molecule has 2 heterocycles. The van der Waals surface area contributed by atoms with E-state index in [4.69, 9.17) is 33.9 Å². The molecule has 0 bridgehead atoms. The predicted octanol–water partition coefficient (Wildman–Crippen LogP) is 4.97. The Hall–Kier alpha value is -2.69. The molecule has 9 nitrogen and oxygen atoms in total. The summed E-state index contributed by atoms with van der Waals surface area (Å²) in [5.74, 6) is -0.222. The molecule has 5 rings (SSSR count). The maximum atomic E-state index is 14.8. The lowest BCUT2D eigenvalue weighted by Gasteiger charge is -2.35. The summed E-state index contributed by atoms with van der Waals surface area (Å²) in [6.45, 7) is 0. The van der Waals surface area contributed by atoms with Crippen LogP contribution in [0, 0.1) is 11.7 Å². The fraction of sp³-hybridized carbons (Fsp3) is 0.520. The minimum atomic E-state index is -0.605. The molecular formula is C25H30Cl2FN7O2. The lowest BCUT2D eigenvalue weighted by atomic mass is 9.85. The van der Waals surface area contributed by atoms with Crippen molar-refractivity contribution in [1.82, 2.24) is 19.5 Å². The van der Waals surface area contributed by atoms with Gasteiger partial charge in [0.1, 0.15) is 11.3 Å². The highest BCUT2D eigenvalue weighted by Crippen LogP contribution is 2.39. The van der Waals surface area contributed by atoms with Crippen molar-refractivity contribution in [3.05, 3.63) is 34.2 Å². The predicted molar refractivity (Wildman–Crippen MR) is 142 cm³/mol. The highest BCUT2D eigenvalue weighted by molar-refractivity contribution is 6.36. The maximum absolute atomic E-state index is 14.8. The normalized spacial score (nSPS) is 24.2. The second-order valence-corrected chi connectivity index (χ2v) is 10.8. The quantitative estimate of drug-likeness (QED) is 0.396. The van der Waals surface area contributed by atoms with Crippen molar-refractivity contribution in [3.8, 4) is 0 Å². The number of likely N-dealkylation sites (N-methyl/N-ethyl adjacent to an activating group) is 1. The zero-order valence-electron chi connectivity index (χ0n) is 20.5. The monoisotopic (exact) mass is 549 g/mol. The molecule has 1 aromatic carbocycles. The first-order valence-corrected chi connectivity index (χ1v) is 13.3. The topological polar surface area (TPSA) is 122 Å². The van der Waals surface area contributed by atoms with Gasteiger partial charge in [0, 0.05) is 24.0 Å². The van der Waals surface area contributed by atoms with Gasteiger partial charge in [-0.2, -0.15) is 4.98 Å². The number of aromatic nitrogens is 4. The number of aliphatic hydroxyl groups excluding tert-OH is 1. The van der Waals surface area contributed by atoms with Crippen LogP contribution in [-0.4, -0.2) is 49.7 Å². The van der Waals surface area contributed by atoms with E-state index in [2.05, 4.69) is 15.3 Å². The van der Waals surface area contributed by atoms with Gasteiger partial charge in [-0.25, -0.2) is 14.4 Å². The van der Waals surface area contributed by atoms with Gasteiger partial charge in [-0.15, -0.1) is 0 Å². The first-order valence-electron chi connectivity index (χ1n) is 12.6. The number of nitrogens with zero attached hydrogens (tertiary/aromatic N) is 5. The number of fused-ring (bicyclic) bond motifs is 1. The Kier molecular flexibility index (Phi) is 7.42. The number of hydrogen-bond acceptors (Lipinski definition) is 7. The zero-order valence-corrected chi connectivity index (χ0v) is 22.0. The highest BCUT2D eigenvalue weighted by Gasteiger charge is 2.31. The third kappa shape index (κ3) is 5.19. The lowest BCUT2D eigenvalue weighted by Crippen LogP contribution is -2.44. The molecule has 2 aliphatic carbocycles. The van der Waals surface area contributed by atoms with E-state index in [1.54, 1.807) is 6.20 Å². The zero-order chi connectivity index (χ0) is 26.3. The van der Waals surface area contributed by atoms with E-state index < -0.39 is 11.9 Å². The number of aliphatic hydroxyl groups is 1. The minimum absolute atomic E-state index is 0.0504. The number of hydrogen-bond donors (Lipinski definition) is 3. The molecule has 0 spiro atoms. The summed E-state index contributed by atoms with van der Waals surface area (Å²) >= 11 is 12.3. The Morgan fingerprint density at radius 1 is 1.16 bits per heavy atom. The molecule has 2 aliphatic rings. The molecule has 3 aromatic rings. The van der Waals surface area contributed by atoms with Crippen molar-refractivity contribution in [2.75, 3.05) is 17.3 Å². The number of benzene rings is 1. The van der Waals surface area contributed by atoms with Crippen molar-refractivity contribution in [2.45, 2.75) is 69.6 Å². The Bertz CT molecular complexity index is 1290. The first-order chi connectivity index (χ1) is 17.7. The fourth-order valence-electron chi connectivity index (χ4n) is 5.57. The largest absolute Gasteiger partial charge is 0.391 e. The standard InChI is InChI=1S/C25H30Cl2FN7O2/c1-34(19-4-2-3-5-20(19)36)24-30-12-18-23(33-24)35(15-8-6-13(7-9-15)22(29)37)25(31-18)32-21-16(27)10-14(26)11-17(21)28/h10-13,15,19-20,36H,2-9H2,1H3,(H2,29,37)(H,31,32)/t13?,15?,19-,20+/m0/s1. The number of nitrogens with one attached hydrogen (secondary N) is 1. The molecule has 2 atom stereocenters. The van der Waals surface area contributed by atoms with Crippen LogP contribution in [0.3, 0.4) is 0 Å². The van der Waals surface area contributed by atoms with Crippen LogP contribution >= 0.6 is 23.2 Å². The van der Waals surface area contributed by atoms with Gasteiger partial charge in [-0.3, -0.25) is 9.36 Å². The third-order valence-corrected chi connectivity index (χ3v) is 8.15. The smallest absolute Gasteiger partial charge is 0.227 e. The molecule has 0 aliphatic heterocycles. The molecule has 4 N–H and O–H groups in total. The first kappa shape index (κ1) is 25.9. The average Bonchev–Trinajstić information content (AvgIpc) is 3.23. The lowest BCUT2D eigenvalue weighted by molar-refractivity contribution is -0.122. The van der Waals surface area contributed by atoms with Crippen molar-refractivity contribution in [2.24, 2.45) is 11.7 Å². The number of anilines is 3. The number of carbonyl (C=O) groups is 1. The maximum Gasteiger partial charge on any atom is 0.227 e. The summed E-state index contributed by atoms with van der Waals surface area (Å²) in [6.07, 6.45) is 7.49. The SMILES string of the molecule is CN(c1ncc2nc(Nc3c(F)cc(Cl)cc3Cl)n(C3CCC(C(N)=O)CC3)c2n1)[C@H]1CCCC[C@H]1O. The van der Waals surface area contributed by atoms with Crippen LogP contribution < -0.4 is 16.0 Å². The van der Waals surface area contributed by atoms with Crippen molar-refractivity contribution in [3.63, 3.8) is 0 Å². The van der Waals surface area contributed by atoms with Crippen molar-refractivity contribution >= 4 is 57.9 Å². The van der Waals surface area contributed by atoms with Crippen LogP contribution in [-0.2, 0) is 4.79 Å². The summed E-state index contributed by atoms with van der Waals surface area (Å²) in [7, 11) is 1.89. The van der Waals surface area contributed by atoms with Gasteiger partial charge in [0.05, 0.1) is 29.1 Å². The Morgan fingerprint density at radius 2 is 1.89 bits per heavy atom. The number of primary amides is 1. The van der Waals surface area contributed by atoms with E-state index in [0.29, 0.717) is 48.7 Å². The highest BCUT2D eigenvalue weighted by atomic mass is 35.5. The van der Waals surface area contributed by atoms with Gasteiger partial charge >= 0.3 is 0 Å². The van der Waals surface area contributed by atoms with E-state index in [1.807, 2.05) is 16.5 Å². The summed E-state index contributed by atoms with van der Waals surface area (Å²) in [5.41, 5.74) is 6.72. The summed E-state index contributed by atoms with van der Waals surface area (Å²) in [6, 6.07) is 2.52. The van der Waals surface area contributed by atoms with Crippen LogP contribution in [0.25, 0.3) is 11.2 Å². The second-order valence-electron chi connectivity index (χ2n) is 9.99. The molecule has 2 fully saturated rings. The Labute approximate surface area is 224 Å². The van der Waals surface area contributed by atoms with Crippen LogP contribution in [0.4, 0.5) is 22.0 Å². The number of imidazole rings is 1. The summed E-state index contributed by atoms with van der Waals surface area (Å²) in [4.78, 5) is 27.7. The van der Waals surface area contributed by atoms with Crippen LogP contribution in [0.1, 0.15) is 57.4 Å². The Balaban J connectivity index is 1.56. The van der Waals surface area contributed by atoms with Crippen LogP contribution in [0.5, 0.6) is 0 Å². The Morgan fingerprint density at radius 3 is 2.57 bits per heavy atom. The third-order valence-electron chi connectivity index (χ3n) is 7.63. The molecule has 0 radical (unpaired) electrons. The second kappa shape index (κ2) is 10.6. The molecule has 1 amide bonds. The van der Waals surface area contributed by atoms with E-state index in [-0.39, 0.29) is 39.6 Å². The van der Waals surface area contributed by atoms with Crippen LogP contribution in [0.15, 0.2) is 18.3 Å². The van der Waals surface area contributed by atoms with Crippen molar-refractivity contribution < 1.29 is 14.3 Å². The molecular weight excluding hydrogens is 520 g/mol. The van der Waals surface area contributed by atoms with Gasteiger partial charge < -0.3 is 21.1 Å². The number of amides is 1. The van der Waals surface area contributed by atoms with Gasteiger partial charge in [-0.1, -0.05) is 36.0 Å². The molecule has 0 unspecified atom stereocenters. The number of carbonyl (C=O) groups excluding carboxylic acids is 1. The summed E-state index contributed by atoms with van der Waals surface area (Å²) < 4.78 is 16.7. The molecule has 0 saturated heterocycles. The minimum Gasteiger partial charge on any atom is -0.391 e. The van der Waals surface area contributed by atoms with E-state index in [1.165, 1.54) is 12.1 Å². The molecule has 198 valence electrons. The van der Waals surface area contributed by atoms with Gasteiger partial charge in [0.15, 0.2) is 5.65 Å². The van der Waals surface area contributed by atoms with E-state index >= 15 is 0 Å². The van der Waals surface area contributed by atoms with Gasteiger partial charge in [-0.05, 0) is 50.7 Å². The average molecular weight is 550 g/mol. The number of halogens is 3. The van der Waals surface area contributed by atoms with E-state index in [0.717, 1.165) is 25.7 Å². The molecule has 37 heavy (non-hydrogen) atoms. The molecule has 2 aromatic heterocycles. The summed E-state index contributed by atoms with van der Waals surface area (Å²) in [5, 5.41) is 13.9.